The van der Waals surface area contributed by atoms with Crippen LogP contribution in [0, 0.1) is 0 Å². The third-order valence-electron chi connectivity index (χ3n) is 3.50. The van der Waals surface area contributed by atoms with E-state index in [1.54, 1.807) is 23.1 Å². The molecule has 0 radical (unpaired) electrons. The zero-order valence-corrected chi connectivity index (χ0v) is 13.4. The number of amides is 2. The molecule has 0 saturated carbocycles. The van der Waals surface area contributed by atoms with Gasteiger partial charge in [0.05, 0.1) is 0 Å². The fraction of sp³-hybridized carbons (Fsp3) is 0.467. The number of carbonyl (C=O) groups excluding carboxylic acids is 2. The van der Waals surface area contributed by atoms with E-state index in [-0.39, 0.29) is 11.8 Å². The lowest BCUT2D eigenvalue weighted by atomic mass is 10.1. The van der Waals surface area contributed by atoms with Gasteiger partial charge in [0.25, 0.3) is 0 Å². The van der Waals surface area contributed by atoms with Gasteiger partial charge in [-0.1, -0.05) is 36.5 Å². The molecule has 1 aromatic rings. The molecular formula is C15H18Cl2N2O2. The van der Waals surface area contributed by atoms with Crippen molar-refractivity contribution in [3.63, 3.8) is 0 Å². The van der Waals surface area contributed by atoms with Crippen molar-refractivity contribution in [1.29, 1.82) is 0 Å². The zero-order chi connectivity index (χ0) is 15.4. The van der Waals surface area contributed by atoms with Crippen molar-refractivity contribution in [2.75, 3.05) is 6.54 Å². The van der Waals surface area contributed by atoms with Crippen molar-refractivity contribution in [2.24, 2.45) is 0 Å². The summed E-state index contributed by atoms with van der Waals surface area (Å²) in [7, 11) is 0. The van der Waals surface area contributed by atoms with E-state index in [0.717, 1.165) is 12.0 Å². The van der Waals surface area contributed by atoms with E-state index >= 15 is 0 Å². The highest BCUT2D eigenvalue weighted by molar-refractivity contribution is 6.33. The van der Waals surface area contributed by atoms with Crippen molar-refractivity contribution in [1.82, 2.24) is 10.2 Å². The van der Waals surface area contributed by atoms with E-state index < -0.39 is 6.04 Å². The molecule has 2 amide bonds. The summed E-state index contributed by atoms with van der Waals surface area (Å²) in [6, 6.07) is 4.74. The predicted octanol–water partition coefficient (Wildman–Crippen LogP) is 3.01. The standard InChI is InChI=1S/C15H18Cl2N2O2/c1-2-3-13-15(21)19(7-6-14(20)18-13)9-10-8-11(16)4-5-12(10)17/h4-5,8,13H,2-3,6-7,9H2,1H3,(H,18,20). The Hall–Kier alpha value is -1.26. The van der Waals surface area contributed by atoms with Crippen LogP contribution in [0.3, 0.4) is 0 Å². The molecular weight excluding hydrogens is 311 g/mol. The predicted molar refractivity (Wildman–Crippen MR) is 83.3 cm³/mol. The van der Waals surface area contributed by atoms with Gasteiger partial charge in [0, 0.05) is 29.6 Å². The monoisotopic (exact) mass is 328 g/mol. The van der Waals surface area contributed by atoms with Gasteiger partial charge in [0.2, 0.25) is 11.8 Å². The average Bonchev–Trinajstić information content (AvgIpc) is 2.57. The van der Waals surface area contributed by atoms with E-state index in [1.807, 2.05) is 6.92 Å². The Morgan fingerprint density at radius 3 is 2.81 bits per heavy atom. The molecule has 0 aliphatic carbocycles. The quantitative estimate of drug-likeness (QED) is 0.923. The molecule has 1 heterocycles. The summed E-state index contributed by atoms with van der Waals surface area (Å²) in [5, 5.41) is 3.93. The first-order chi connectivity index (χ1) is 10.0. The second-order valence-corrected chi connectivity index (χ2v) is 6.00. The Bertz CT molecular complexity index is 548. The molecule has 1 aliphatic heterocycles. The van der Waals surface area contributed by atoms with Crippen molar-refractivity contribution in [3.05, 3.63) is 33.8 Å². The molecule has 1 N–H and O–H groups in total. The second-order valence-electron chi connectivity index (χ2n) is 5.15. The maximum Gasteiger partial charge on any atom is 0.245 e. The number of benzene rings is 1. The molecule has 114 valence electrons. The molecule has 1 atom stereocenters. The van der Waals surface area contributed by atoms with E-state index in [4.69, 9.17) is 23.2 Å². The minimum atomic E-state index is -0.442. The van der Waals surface area contributed by atoms with Gasteiger partial charge in [0.15, 0.2) is 0 Å². The first-order valence-corrected chi connectivity index (χ1v) is 7.79. The van der Waals surface area contributed by atoms with Crippen LogP contribution in [0.5, 0.6) is 0 Å². The second kappa shape index (κ2) is 7.14. The third-order valence-corrected chi connectivity index (χ3v) is 4.10. The Labute approximate surface area is 134 Å². The Morgan fingerprint density at radius 2 is 2.10 bits per heavy atom. The van der Waals surface area contributed by atoms with Crippen LogP contribution in [-0.4, -0.2) is 29.3 Å². The van der Waals surface area contributed by atoms with Crippen LogP contribution in [-0.2, 0) is 16.1 Å². The Morgan fingerprint density at radius 1 is 1.33 bits per heavy atom. The highest BCUT2D eigenvalue weighted by Crippen LogP contribution is 2.23. The van der Waals surface area contributed by atoms with E-state index in [2.05, 4.69) is 5.32 Å². The van der Waals surface area contributed by atoms with E-state index in [9.17, 15) is 9.59 Å². The highest BCUT2D eigenvalue weighted by atomic mass is 35.5. The molecule has 6 heteroatoms. The van der Waals surface area contributed by atoms with Gasteiger partial charge >= 0.3 is 0 Å². The Balaban J connectivity index is 2.18. The SMILES string of the molecule is CCCC1NC(=O)CCN(Cc2cc(Cl)ccc2Cl)C1=O. The molecule has 4 nitrogen and oxygen atoms in total. The number of nitrogens with one attached hydrogen (secondary N) is 1. The molecule has 1 saturated heterocycles. The summed E-state index contributed by atoms with van der Waals surface area (Å²) in [5.74, 6) is -0.139. The van der Waals surface area contributed by atoms with Gasteiger partial charge in [-0.15, -0.1) is 0 Å². The molecule has 0 bridgehead atoms. The van der Waals surface area contributed by atoms with Crippen LogP contribution in [0.4, 0.5) is 0 Å². The van der Waals surface area contributed by atoms with E-state index in [0.29, 0.717) is 36.0 Å². The van der Waals surface area contributed by atoms with Crippen LogP contribution in [0.1, 0.15) is 31.7 Å². The fourth-order valence-electron chi connectivity index (χ4n) is 2.41. The van der Waals surface area contributed by atoms with Crippen molar-refractivity contribution in [3.8, 4) is 0 Å². The van der Waals surface area contributed by atoms with Gasteiger partial charge in [0.1, 0.15) is 6.04 Å². The molecule has 1 unspecified atom stereocenters. The van der Waals surface area contributed by atoms with Gasteiger partial charge < -0.3 is 10.2 Å². The van der Waals surface area contributed by atoms with E-state index in [1.165, 1.54) is 0 Å². The molecule has 2 rings (SSSR count). The Kier molecular flexibility index (Phi) is 5.48. The minimum absolute atomic E-state index is 0.0567. The highest BCUT2D eigenvalue weighted by Gasteiger charge is 2.29. The number of hydrogen-bond donors (Lipinski definition) is 1. The smallest absolute Gasteiger partial charge is 0.245 e. The average molecular weight is 329 g/mol. The van der Waals surface area contributed by atoms with Gasteiger partial charge in [-0.3, -0.25) is 9.59 Å². The summed E-state index contributed by atoms with van der Waals surface area (Å²) in [6.07, 6.45) is 1.79. The first-order valence-electron chi connectivity index (χ1n) is 7.03. The maximum atomic E-state index is 12.5. The van der Waals surface area contributed by atoms with Crippen LogP contribution < -0.4 is 5.32 Å². The summed E-state index contributed by atoms with van der Waals surface area (Å²) < 4.78 is 0. The minimum Gasteiger partial charge on any atom is -0.344 e. The lowest BCUT2D eigenvalue weighted by Gasteiger charge is -2.24. The van der Waals surface area contributed by atoms with Crippen molar-refractivity contribution in [2.45, 2.75) is 38.8 Å². The molecule has 1 aliphatic rings. The van der Waals surface area contributed by atoms with Gasteiger partial charge in [-0.05, 0) is 30.2 Å². The summed E-state index contributed by atoms with van der Waals surface area (Å²) in [4.78, 5) is 25.9. The normalized spacial score (nSPS) is 19.4. The van der Waals surface area contributed by atoms with Gasteiger partial charge in [-0.25, -0.2) is 0 Å². The van der Waals surface area contributed by atoms with Crippen molar-refractivity contribution >= 4 is 35.0 Å². The first kappa shape index (κ1) is 16.1. The fourth-order valence-corrected chi connectivity index (χ4v) is 2.78. The molecule has 1 aromatic carbocycles. The van der Waals surface area contributed by atoms with Gasteiger partial charge in [-0.2, -0.15) is 0 Å². The lowest BCUT2D eigenvalue weighted by molar-refractivity contribution is -0.134. The van der Waals surface area contributed by atoms with Crippen molar-refractivity contribution < 1.29 is 9.59 Å². The number of hydrogen-bond acceptors (Lipinski definition) is 2. The zero-order valence-electron chi connectivity index (χ0n) is 11.9. The largest absolute Gasteiger partial charge is 0.344 e. The number of rotatable bonds is 4. The number of halogens is 2. The van der Waals surface area contributed by atoms with Crippen LogP contribution in [0.2, 0.25) is 10.0 Å². The third kappa shape index (κ3) is 4.11. The maximum absolute atomic E-state index is 12.5. The van der Waals surface area contributed by atoms with Crippen LogP contribution >= 0.6 is 23.2 Å². The number of nitrogens with zero attached hydrogens (tertiary/aromatic N) is 1. The lowest BCUT2D eigenvalue weighted by Crippen LogP contribution is -2.44. The van der Waals surface area contributed by atoms with Crippen LogP contribution in [0.15, 0.2) is 18.2 Å². The number of carbonyl (C=O) groups is 2. The molecule has 1 fully saturated rings. The molecule has 21 heavy (non-hydrogen) atoms. The molecule has 0 spiro atoms. The summed E-state index contributed by atoms with van der Waals surface area (Å²) in [6.45, 7) is 2.75. The summed E-state index contributed by atoms with van der Waals surface area (Å²) >= 11 is 12.1. The summed E-state index contributed by atoms with van der Waals surface area (Å²) in [5.41, 5.74) is 0.794. The molecule has 0 aromatic heterocycles. The van der Waals surface area contributed by atoms with Crippen LogP contribution in [0.25, 0.3) is 0 Å². The topological polar surface area (TPSA) is 49.4 Å².